The fraction of sp³-hybridized carbons (Fsp3) is 0.600. The SMILES string of the molecule is Cc1cc(OCCN2CCC(N)CC2)cc(C)c1Br. The molecule has 4 heteroatoms. The van der Waals surface area contributed by atoms with E-state index in [9.17, 15) is 0 Å². The van der Waals surface area contributed by atoms with Gasteiger partial charge in [0.25, 0.3) is 0 Å². The molecule has 1 fully saturated rings. The number of nitrogens with zero attached hydrogens (tertiary/aromatic N) is 1. The molecule has 0 atom stereocenters. The van der Waals surface area contributed by atoms with Gasteiger partial charge in [0.1, 0.15) is 12.4 Å². The number of aryl methyl sites for hydroxylation is 2. The number of ether oxygens (including phenoxy) is 1. The number of nitrogens with two attached hydrogens (primary N) is 1. The van der Waals surface area contributed by atoms with E-state index >= 15 is 0 Å². The summed E-state index contributed by atoms with van der Waals surface area (Å²) in [5, 5.41) is 0. The molecule has 0 saturated carbocycles. The van der Waals surface area contributed by atoms with Crippen LogP contribution < -0.4 is 10.5 Å². The molecular weight excluding hydrogens is 304 g/mol. The van der Waals surface area contributed by atoms with Crippen molar-refractivity contribution in [2.75, 3.05) is 26.2 Å². The van der Waals surface area contributed by atoms with Crippen molar-refractivity contribution in [3.8, 4) is 5.75 Å². The van der Waals surface area contributed by atoms with Gasteiger partial charge in [-0.1, -0.05) is 15.9 Å². The Morgan fingerprint density at radius 3 is 2.42 bits per heavy atom. The van der Waals surface area contributed by atoms with Crippen molar-refractivity contribution in [1.82, 2.24) is 4.90 Å². The van der Waals surface area contributed by atoms with Crippen molar-refractivity contribution in [2.45, 2.75) is 32.7 Å². The molecule has 1 saturated heterocycles. The number of halogens is 1. The summed E-state index contributed by atoms with van der Waals surface area (Å²) >= 11 is 3.57. The summed E-state index contributed by atoms with van der Waals surface area (Å²) < 4.78 is 7.03. The quantitative estimate of drug-likeness (QED) is 0.924. The number of benzene rings is 1. The molecule has 0 bridgehead atoms. The molecule has 1 heterocycles. The molecule has 0 radical (unpaired) electrons. The van der Waals surface area contributed by atoms with Gasteiger partial charge < -0.3 is 10.5 Å². The molecule has 1 aromatic carbocycles. The topological polar surface area (TPSA) is 38.5 Å². The number of hydrogen-bond acceptors (Lipinski definition) is 3. The second-order valence-corrected chi connectivity index (χ2v) is 6.19. The van der Waals surface area contributed by atoms with Gasteiger partial charge in [0.2, 0.25) is 0 Å². The summed E-state index contributed by atoms with van der Waals surface area (Å²) in [5.74, 6) is 0.965. The van der Waals surface area contributed by atoms with Gasteiger partial charge in [0.15, 0.2) is 0 Å². The Morgan fingerprint density at radius 1 is 1.26 bits per heavy atom. The first-order valence-electron chi connectivity index (χ1n) is 6.93. The highest BCUT2D eigenvalue weighted by Crippen LogP contribution is 2.26. The molecule has 0 aromatic heterocycles. The van der Waals surface area contributed by atoms with Crippen LogP contribution >= 0.6 is 15.9 Å². The summed E-state index contributed by atoms with van der Waals surface area (Å²) in [5.41, 5.74) is 8.34. The molecule has 3 nitrogen and oxygen atoms in total. The second kappa shape index (κ2) is 6.73. The van der Waals surface area contributed by atoms with Crippen molar-refractivity contribution < 1.29 is 4.74 Å². The van der Waals surface area contributed by atoms with E-state index in [1.165, 1.54) is 15.6 Å². The van der Waals surface area contributed by atoms with Crippen molar-refractivity contribution in [2.24, 2.45) is 5.73 Å². The van der Waals surface area contributed by atoms with E-state index in [0.717, 1.165) is 44.8 Å². The average molecular weight is 327 g/mol. The van der Waals surface area contributed by atoms with Crippen LogP contribution in [-0.4, -0.2) is 37.2 Å². The highest BCUT2D eigenvalue weighted by atomic mass is 79.9. The van der Waals surface area contributed by atoms with E-state index in [2.05, 4.69) is 46.8 Å². The lowest BCUT2D eigenvalue weighted by Gasteiger charge is -2.29. The predicted molar refractivity (Wildman–Crippen MR) is 82.8 cm³/mol. The molecule has 1 aromatic rings. The molecule has 0 amide bonds. The van der Waals surface area contributed by atoms with E-state index in [1.807, 2.05) is 0 Å². The largest absolute Gasteiger partial charge is 0.492 e. The number of piperidine rings is 1. The fourth-order valence-electron chi connectivity index (χ4n) is 2.46. The lowest BCUT2D eigenvalue weighted by Crippen LogP contribution is -2.41. The second-order valence-electron chi connectivity index (χ2n) is 5.40. The number of likely N-dealkylation sites (tertiary alicyclic amines) is 1. The average Bonchev–Trinajstić information content (AvgIpc) is 2.38. The van der Waals surface area contributed by atoms with Crippen molar-refractivity contribution in [3.63, 3.8) is 0 Å². The Bertz CT molecular complexity index is 405. The van der Waals surface area contributed by atoms with E-state index in [0.29, 0.717) is 6.04 Å². The summed E-state index contributed by atoms with van der Waals surface area (Å²) in [6.45, 7) is 8.12. The highest BCUT2D eigenvalue weighted by molar-refractivity contribution is 9.10. The third-order valence-corrected chi connectivity index (χ3v) is 4.97. The van der Waals surface area contributed by atoms with Crippen molar-refractivity contribution >= 4 is 15.9 Å². The normalized spacial score (nSPS) is 17.7. The van der Waals surface area contributed by atoms with Crippen LogP contribution in [0.25, 0.3) is 0 Å². The van der Waals surface area contributed by atoms with Crippen LogP contribution in [0.4, 0.5) is 0 Å². The minimum absolute atomic E-state index is 0.397. The van der Waals surface area contributed by atoms with Crippen LogP contribution in [0.2, 0.25) is 0 Å². The van der Waals surface area contributed by atoms with E-state index in [1.54, 1.807) is 0 Å². The first-order valence-corrected chi connectivity index (χ1v) is 7.73. The highest BCUT2D eigenvalue weighted by Gasteiger charge is 2.15. The van der Waals surface area contributed by atoms with Crippen LogP contribution in [0.5, 0.6) is 5.75 Å². The molecule has 1 aliphatic rings. The zero-order valence-corrected chi connectivity index (χ0v) is 13.4. The van der Waals surface area contributed by atoms with Gasteiger partial charge in [-0.2, -0.15) is 0 Å². The smallest absolute Gasteiger partial charge is 0.119 e. The maximum Gasteiger partial charge on any atom is 0.119 e. The van der Waals surface area contributed by atoms with Gasteiger partial charge in [-0.05, 0) is 63.0 Å². The molecule has 106 valence electrons. The van der Waals surface area contributed by atoms with Crippen molar-refractivity contribution in [1.29, 1.82) is 0 Å². The van der Waals surface area contributed by atoms with E-state index < -0.39 is 0 Å². The van der Waals surface area contributed by atoms with Crippen LogP contribution in [0.1, 0.15) is 24.0 Å². The minimum atomic E-state index is 0.397. The summed E-state index contributed by atoms with van der Waals surface area (Å²) in [4.78, 5) is 2.43. The third-order valence-electron chi connectivity index (χ3n) is 3.72. The standard InChI is InChI=1S/C15H23BrN2O/c1-11-9-14(10-12(2)15(11)16)19-8-7-18-5-3-13(17)4-6-18/h9-10,13H,3-8,17H2,1-2H3. The Morgan fingerprint density at radius 2 is 1.84 bits per heavy atom. The summed E-state index contributed by atoms with van der Waals surface area (Å²) in [6.07, 6.45) is 2.22. The Labute approximate surface area is 124 Å². The van der Waals surface area contributed by atoms with Gasteiger partial charge in [-0.25, -0.2) is 0 Å². The zero-order chi connectivity index (χ0) is 13.8. The summed E-state index contributed by atoms with van der Waals surface area (Å²) in [7, 11) is 0. The molecular formula is C15H23BrN2O. The van der Waals surface area contributed by atoms with Gasteiger partial charge in [-0.3, -0.25) is 4.90 Å². The Hall–Kier alpha value is -0.580. The minimum Gasteiger partial charge on any atom is -0.492 e. The summed E-state index contributed by atoms with van der Waals surface area (Å²) in [6, 6.07) is 4.57. The zero-order valence-electron chi connectivity index (χ0n) is 11.8. The monoisotopic (exact) mass is 326 g/mol. The molecule has 2 rings (SSSR count). The molecule has 0 spiro atoms. The number of rotatable bonds is 4. The maximum absolute atomic E-state index is 5.90. The van der Waals surface area contributed by atoms with Crippen LogP contribution in [0.15, 0.2) is 16.6 Å². The van der Waals surface area contributed by atoms with E-state index in [-0.39, 0.29) is 0 Å². The maximum atomic E-state index is 5.90. The van der Waals surface area contributed by atoms with Gasteiger partial charge in [0.05, 0.1) is 0 Å². The van der Waals surface area contributed by atoms with Gasteiger partial charge in [0, 0.05) is 17.1 Å². The Balaban J connectivity index is 1.79. The van der Waals surface area contributed by atoms with Crippen LogP contribution in [0, 0.1) is 13.8 Å². The first kappa shape index (κ1) is 14.8. The number of hydrogen-bond donors (Lipinski definition) is 1. The van der Waals surface area contributed by atoms with Crippen LogP contribution in [0.3, 0.4) is 0 Å². The molecule has 2 N–H and O–H groups in total. The van der Waals surface area contributed by atoms with Gasteiger partial charge >= 0.3 is 0 Å². The lowest BCUT2D eigenvalue weighted by atomic mass is 10.1. The first-order chi connectivity index (χ1) is 9.06. The molecule has 19 heavy (non-hydrogen) atoms. The fourth-order valence-corrected chi connectivity index (χ4v) is 2.69. The molecule has 1 aliphatic heterocycles. The third kappa shape index (κ3) is 4.20. The predicted octanol–water partition coefficient (Wildman–Crippen LogP) is 2.87. The van der Waals surface area contributed by atoms with Gasteiger partial charge in [-0.15, -0.1) is 0 Å². The van der Waals surface area contributed by atoms with Crippen LogP contribution in [-0.2, 0) is 0 Å². The molecule has 0 unspecified atom stereocenters. The van der Waals surface area contributed by atoms with Crippen molar-refractivity contribution in [3.05, 3.63) is 27.7 Å². The Kier molecular flexibility index (Phi) is 5.25. The lowest BCUT2D eigenvalue weighted by molar-refractivity contribution is 0.174. The van der Waals surface area contributed by atoms with E-state index in [4.69, 9.17) is 10.5 Å². The molecule has 0 aliphatic carbocycles.